The van der Waals surface area contributed by atoms with Crippen molar-refractivity contribution in [2.24, 2.45) is 5.92 Å². The van der Waals surface area contributed by atoms with E-state index in [1.807, 2.05) is 46.3 Å². The van der Waals surface area contributed by atoms with Gasteiger partial charge < -0.3 is 9.80 Å². The van der Waals surface area contributed by atoms with Crippen LogP contribution in [0.15, 0.2) is 48.7 Å². The molecule has 2 aromatic rings. The number of nitrogens with zero attached hydrogens (tertiary/aromatic N) is 4. The second-order valence-electron chi connectivity index (χ2n) is 8.99. The number of benzene rings is 1. The van der Waals surface area contributed by atoms with E-state index in [-0.39, 0.29) is 17.7 Å². The molecule has 1 aliphatic carbocycles. The Morgan fingerprint density at radius 3 is 2.38 bits per heavy atom. The maximum atomic E-state index is 13.2. The molecule has 1 aromatic heterocycles. The van der Waals surface area contributed by atoms with E-state index in [1.165, 1.54) is 0 Å². The van der Waals surface area contributed by atoms with Gasteiger partial charge in [0.25, 0.3) is 0 Å². The number of fused-ring (bicyclic) bond motifs is 1. The van der Waals surface area contributed by atoms with Gasteiger partial charge in [-0.05, 0) is 49.4 Å². The third kappa shape index (κ3) is 5.54. The molecule has 0 atom stereocenters. The molecule has 170 valence electrons. The predicted molar refractivity (Wildman–Crippen MR) is 126 cm³/mol. The molecule has 4 rings (SSSR count). The number of para-hydroxylation sites is 1. The second kappa shape index (κ2) is 10.7. The summed E-state index contributed by atoms with van der Waals surface area (Å²) < 4.78 is 0. The van der Waals surface area contributed by atoms with Crippen molar-refractivity contribution in [3.63, 3.8) is 0 Å². The van der Waals surface area contributed by atoms with Gasteiger partial charge in [0, 0.05) is 64.0 Å². The van der Waals surface area contributed by atoms with Crippen molar-refractivity contribution in [1.29, 1.82) is 0 Å². The Morgan fingerprint density at radius 2 is 1.69 bits per heavy atom. The van der Waals surface area contributed by atoms with E-state index < -0.39 is 0 Å². The van der Waals surface area contributed by atoms with Crippen molar-refractivity contribution in [2.45, 2.75) is 52.1 Å². The summed E-state index contributed by atoms with van der Waals surface area (Å²) in [6.07, 6.45) is 6.82. The SMILES string of the molecule is CC(=O)N1CCCN(Cc2ccccn2)CCCN(C(=O)C2CCC2)Cc2ccccc21. The van der Waals surface area contributed by atoms with E-state index in [0.29, 0.717) is 13.1 Å². The lowest BCUT2D eigenvalue weighted by Crippen LogP contribution is -2.41. The van der Waals surface area contributed by atoms with Gasteiger partial charge in [0.2, 0.25) is 11.8 Å². The summed E-state index contributed by atoms with van der Waals surface area (Å²) >= 11 is 0. The van der Waals surface area contributed by atoms with Crippen molar-refractivity contribution in [2.75, 3.05) is 31.1 Å². The molecule has 0 saturated heterocycles. The highest BCUT2D eigenvalue weighted by atomic mass is 16.2. The molecular weight excluding hydrogens is 400 g/mol. The molecule has 6 heteroatoms. The van der Waals surface area contributed by atoms with E-state index in [9.17, 15) is 9.59 Å². The number of aromatic nitrogens is 1. The van der Waals surface area contributed by atoms with Crippen LogP contribution in [0.3, 0.4) is 0 Å². The van der Waals surface area contributed by atoms with Crippen LogP contribution in [0.1, 0.15) is 50.3 Å². The largest absolute Gasteiger partial charge is 0.338 e. The molecule has 1 aliphatic heterocycles. The van der Waals surface area contributed by atoms with Gasteiger partial charge in [-0.25, -0.2) is 0 Å². The third-order valence-electron chi connectivity index (χ3n) is 6.66. The highest BCUT2D eigenvalue weighted by Crippen LogP contribution is 2.30. The van der Waals surface area contributed by atoms with E-state index in [1.54, 1.807) is 6.92 Å². The van der Waals surface area contributed by atoms with Gasteiger partial charge in [0.1, 0.15) is 0 Å². The van der Waals surface area contributed by atoms with Crippen molar-refractivity contribution in [3.8, 4) is 0 Å². The smallest absolute Gasteiger partial charge is 0.225 e. The zero-order chi connectivity index (χ0) is 22.3. The van der Waals surface area contributed by atoms with Gasteiger partial charge >= 0.3 is 0 Å². The first-order valence-electron chi connectivity index (χ1n) is 11.9. The van der Waals surface area contributed by atoms with Crippen molar-refractivity contribution < 1.29 is 9.59 Å². The number of carbonyl (C=O) groups excluding carboxylic acids is 2. The van der Waals surface area contributed by atoms with Gasteiger partial charge in [0.05, 0.1) is 5.69 Å². The summed E-state index contributed by atoms with van der Waals surface area (Å²) in [5, 5.41) is 0. The lowest BCUT2D eigenvalue weighted by Gasteiger charge is -2.34. The van der Waals surface area contributed by atoms with Gasteiger partial charge in [-0.15, -0.1) is 0 Å². The quantitative estimate of drug-likeness (QED) is 0.736. The van der Waals surface area contributed by atoms with Crippen molar-refractivity contribution in [1.82, 2.24) is 14.8 Å². The standard InChI is InChI=1S/C26H34N4O2/c1-21(31)30-18-8-16-28(20-24-12-4-5-14-27-24)15-7-17-29(26(32)22-10-6-11-22)19-23-9-2-3-13-25(23)30/h2-5,9,12-14,22H,6-8,10-11,15-20H2,1H3. The molecule has 0 N–H and O–H groups in total. The van der Waals surface area contributed by atoms with E-state index in [0.717, 1.165) is 75.2 Å². The van der Waals surface area contributed by atoms with Gasteiger partial charge in [-0.3, -0.25) is 19.5 Å². The number of hydrogen-bond acceptors (Lipinski definition) is 4. The maximum absolute atomic E-state index is 13.2. The predicted octanol–water partition coefficient (Wildman–Crippen LogP) is 3.86. The third-order valence-corrected chi connectivity index (χ3v) is 6.66. The summed E-state index contributed by atoms with van der Waals surface area (Å²) in [6.45, 7) is 6.19. The number of pyridine rings is 1. The molecule has 0 spiro atoms. The van der Waals surface area contributed by atoms with Crippen LogP contribution in [-0.4, -0.2) is 52.8 Å². The number of rotatable bonds is 3. The minimum absolute atomic E-state index is 0.0441. The summed E-state index contributed by atoms with van der Waals surface area (Å²) in [7, 11) is 0. The van der Waals surface area contributed by atoms with Crippen LogP contribution in [0.2, 0.25) is 0 Å². The average Bonchev–Trinajstić information content (AvgIpc) is 2.74. The van der Waals surface area contributed by atoms with Crippen LogP contribution in [0.25, 0.3) is 0 Å². The van der Waals surface area contributed by atoms with Crippen LogP contribution in [0.4, 0.5) is 5.69 Å². The van der Waals surface area contributed by atoms with Gasteiger partial charge in [-0.1, -0.05) is 30.7 Å². The van der Waals surface area contributed by atoms with Crippen molar-refractivity contribution in [3.05, 3.63) is 59.9 Å². The van der Waals surface area contributed by atoms with E-state index >= 15 is 0 Å². The van der Waals surface area contributed by atoms with Crippen LogP contribution < -0.4 is 4.90 Å². The number of anilines is 1. The summed E-state index contributed by atoms with van der Waals surface area (Å²) in [6, 6.07) is 14.1. The Hall–Kier alpha value is -2.73. The first kappa shape index (κ1) is 22.5. The molecule has 2 amide bonds. The Balaban J connectivity index is 1.57. The van der Waals surface area contributed by atoms with Crippen LogP contribution in [-0.2, 0) is 22.7 Å². The van der Waals surface area contributed by atoms with Crippen LogP contribution >= 0.6 is 0 Å². The van der Waals surface area contributed by atoms with Crippen LogP contribution in [0, 0.1) is 5.92 Å². The molecule has 6 nitrogen and oxygen atoms in total. The van der Waals surface area contributed by atoms with Gasteiger partial charge in [-0.2, -0.15) is 0 Å². The molecule has 1 fully saturated rings. The molecule has 2 heterocycles. The molecule has 0 radical (unpaired) electrons. The fourth-order valence-electron chi connectivity index (χ4n) is 4.67. The first-order chi connectivity index (χ1) is 15.6. The number of hydrogen-bond donors (Lipinski definition) is 0. The zero-order valence-electron chi connectivity index (χ0n) is 19.1. The summed E-state index contributed by atoms with van der Waals surface area (Å²) in [5.41, 5.74) is 3.04. The summed E-state index contributed by atoms with van der Waals surface area (Å²) in [5.74, 6) is 0.486. The monoisotopic (exact) mass is 434 g/mol. The topological polar surface area (TPSA) is 56.8 Å². The molecule has 0 unspecified atom stereocenters. The molecule has 0 bridgehead atoms. The fraction of sp³-hybridized carbons (Fsp3) is 0.500. The molecule has 1 aromatic carbocycles. The van der Waals surface area contributed by atoms with Crippen LogP contribution in [0.5, 0.6) is 0 Å². The molecule has 1 saturated carbocycles. The normalized spacial score (nSPS) is 18.8. The highest BCUT2D eigenvalue weighted by molar-refractivity contribution is 5.92. The van der Waals surface area contributed by atoms with Gasteiger partial charge in [0.15, 0.2) is 0 Å². The Labute approximate surface area is 191 Å². The number of amides is 2. The molecule has 2 aliphatic rings. The highest BCUT2D eigenvalue weighted by Gasteiger charge is 2.30. The fourth-order valence-corrected chi connectivity index (χ4v) is 4.67. The molecular formula is C26H34N4O2. The Morgan fingerprint density at radius 1 is 0.938 bits per heavy atom. The van der Waals surface area contributed by atoms with Crippen molar-refractivity contribution >= 4 is 17.5 Å². The zero-order valence-corrected chi connectivity index (χ0v) is 19.1. The van der Waals surface area contributed by atoms with E-state index in [4.69, 9.17) is 0 Å². The van der Waals surface area contributed by atoms with E-state index in [2.05, 4.69) is 22.0 Å². The molecule has 32 heavy (non-hydrogen) atoms. The summed E-state index contributed by atoms with van der Waals surface area (Å²) in [4.78, 5) is 36.6. The lowest BCUT2D eigenvalue weighted by atomic mass is 9.84. The Kier molecular flexibility index (Phi) is 7.53. The lowest BCUT2D eigenvalue weighted by molar-refractivity contribution is -0.139. The number of carbonyl (C=O) groups is 2. The Bertz CT molecular complexity index is 913. The first-order valence-corrected chi connectivity index (χ1v) is 11.9. The maximum Gasteiger partial charge on any atom is 0.225 e. The second-order valence-corrected chi connectivity index (χ2v) is 8.99. The minimum atomic E-state index is 0.0441. The average molecular weight is 435 g/mol. The minimum Gasteiger partial charge on any atom is -0.338 e.